The molecule has 0 rings (SSSR count). The van der Waals surface area contributed by atoms with Crippen molar-refractivity contribution in [3.63, 3.8) is 0 Å². The summed E-state index contributed by atoms with van der Waals surface area (Å²) >= 11 is 0. The molecule has 0 bridgehead atoms. The number of hydrogen-bond donors (Lipinski definition) is 1. The van der Waals surface area contributed by atoms with Gasteiger partial charge in [-0.1, -0.05) is 0 Å². The van der Waals surface area contributed by atoms with Crippen molar-refractivity contribution in [2.45, 2.75) is 12.8 Å². The molecule has 4 heteroatoms. The maximum absolute atomic E-state index is 9.61. The Morgan fingerprint density at radius 3 is 2.00 bits per heavy atom. The monoisotopic (exact) mass is 117 g/mol. The summed E-state index contributed by atoms with van der Waals surface area (Å²) in [6.07, 6.45) is -0.766. The van der Waals surface area contributed by atoms with Gasteiger partial charge in [0.15, 0.2) is 0 Å². The van der Waals surface area contributed by atoms with Crippen LogP contribution in [-0.4, -0.2) is 17.0 Å². The van der Waals surface area contributed by atoms with E-state index in [0.29, 0.717) is 0 Å². The lowest BCUT2D eigenvalue weighted by Crippen LogP contribution is -2.22. The van der Waals surface area contributed by atoms with Crippen LogP contribution in [0.3, 0.4) is 0 Å². The summed E-state index contributed by atoms with van der Waals surface area (Å²) in [6, 6.07) is 0. The van der Waals surface area contributed by atoms with Crippen LogP contribution in [0.4, 0.5) is 0 Å². The van der Waals surface area contributed by atoms with Gasteiger partial charge < -0.3 is 15.0 Å². The van der Waals surface area contributed by atoms with Crippen molar-refractivity contribution in [2.24, 2.45) is 0 Å². The quantitative estimate of drug-likeness (QED) is 0.493. The van der Waals surface area contributed by atoms with E-state index < -0.39 is 18.4 Å². The van der Waals surface area contributed by atoms with Gasteiger partial charge in [0.2, 0.25) is 0 Å². The lowest BCUT2D eigenvalue weighted by atomic mass is 10.3. The summed E-state index contributed by atoms with van der Waals surface area (Å²) in [7, 11) is 0. The van der Waals surface area contributed by atoms with E-state index in [9.17, 15) is 14.7 Å². The first-order valence-electron chi connectivity index (χ1n) is 2.04. The maximum atomic E-state index is 9.61. The molecule has 0 aliphatic heterocycles. The molecule has 0 spiro atoms. The van der Waals surface area contributed by atoms with Crippen molar-refractivity contribution < 1.29 is 19.8 Å². The van der Waals surface area contributed by atoms with Crippen molar-refractivity contribution in [1.29, 1.82) is 0 Å². The minimum Gasteiger partial charge on any atom is -0.550 e. The van der Waals surface area contributed by atoms with E-state index >= 15 is 0 Å². The van der Waals surface area contributed by atoms with Crippen LogP contribution in [-0.2, 0) is 9.59 Å². The van der Waals surface area contributed by atoms with Gasteiger partial charge in [0, 0.05) is 5.97 Å². The fourth-order valence-corrected chi connectivity index (χ4v) is 0.209. The first-order valence-corrected chi connectivity index (χ1v) is 2.04. The van der Waals surface area contributed by atoms with Gasteiger partial charge in [0.05, 0.1) is 6.42 Å². The predicted octanol–water partition coefficient (Wildman–Crippen LogP) is -1.40. The third-order valence-corrected chi connectivity index (χ3v) is 0.543. The minimum absolute atomic E-state index is 0.359. The average Bonchev–Trinajstić information content (AvgIpc) is 1.61. The van der Waals surface area contributed by atoms with Crippen LogP contribution in [0.25, 0.3) is 0 Å². The van der Waals surface area contributed by atoms with Crippen LogP contribution in [0.15, 0.2) is 0 Å². The highest BCUT2D eigenvalue weighted by Gasteiger charge is 1.93. The van der Waals surface area contributed by atoms with E-state index in [0.717, 1.165) is 0 Å². The molecule has 0 aromatic rings. The van der Waals surface area contributed by atoms with Gasteiger partial charge in [-0.3, -0.25) is 4.79 Å². The van der Waals surface area contributed by atoms with Gasteiger partial charge in [0.1, 0.15) is 0 Å². The number of carboxylic acids is 2. The number of hydrogen-bond acceptors (Lipinski definition) is 3. The van der Waals surface area contributed by atoms with Crippen molar-refractivity contribution in [3.05, 3.63) is 0 Å². The zero-order valence-electron chi connectivity index (χ0n) is 4.09. The Morgan fingerprint density at radius 1 is 1.38 bits per heavy atom. The van der Waals surface area contributed by atoms with E-state index in [1.165, 1.54) is 0 Å². The standard InChI is InChI=1S/C4H6O4/c5-3(6)1-2-4(7)8/h1-2H2,(H,5,6)(H,7,8)/p-1. The van der Waals surface area contributed by atoms with Crippen molar-refractivity contribution in [1.82, 2.24) is 0 Å². The van der Waals surface area contributed by atoms with Crippen molar-refractivity contribution in [2.75, 3.05) is 0 Å². The van der Waals surface area contributed by atoms with Crippen molar-refractivity contribution >= 4 is 11.9 Å². The second kappa shape index (κ2) is 3.01. The molecule has 0 atom stereocenters. The van der Waals surface area contributed by atoms with E-state index in [1.807, 2.05) is 0 Å². The van der Waals surface area contributed by atoms with Crippen LogP contribution in [0.1, 0.15) is 12.8 Å². The van der Waals surface area contributed by atoms with E-state index in [-0.39, 0.29) is 6.42 Å². The molecule has 0 aromatic heterocycles. The van der Waals surface area contributed by atoms with E-state index in [1.54, 1.807) is 0 Å². The van der Waals surface area contributed by atoms with Gasteiger partial charge in [0.25, 0.3) is 0 Å². The second-order valence-corrected chi connectivity index (χ2v) is 1.27. The van der Waals surface area contributed by atoms with Crippen LogP contribution >= 0.6 is 0 Å². The molecule has 46 valence electrons. The minimum atomic E-state index is -1.33. The zero-order valence-corrected chi connectivity index (χ0v) is 4.09. The maximum Gasteiger partial charge on any atom is 0.303 e. The largest absolute Gasteiger partial charge is 0.550 e. The van der Waals surface area contributed by atoms with Crippen LogP contribution in [0.5, 0.6) is 0 Å². The fraction of sp³-hybridized carbons (Fsp3) is 0.500. The summed E-state index contributed by atoms with van der Waals surface area (Å²) in [6.45, 7) is 0. The van der Waals surface area contributed by atoms with Crippen molar-refractivity contribution in [3.8, 4) is 0 Å². The van der Waals surface area contributed by atoms with Crippen LogP contribution < -0.4 is 5.11 Å². The molecule has 8 heavy (non-hydrogen) atoms. The molecule has 0 heterocycles. The third kappa shape index (κ3) is 4.94. The highest BCUT2D eigenvalue weighted by atomic mass is 16.4. The SMILES string of the molecule is O=C([O-])CCC(=O)O. The number of carboxylic acid groups (broad SMARTS) is 2. The molecule has 0 unspecified atom stereocenters. The smallest absolute Gasteiger partial charge is 0.303 e. The Bertz CT molecular complexity index is 92.6. The summed E-state index contributed by atoms with van der Waals surface area (Å²) in [5.74, 6) is -2.44. The summed E-state index contributed by atoms with van der Waals surface area (Å²) in [5, 5.41) is 17.4. The summed E-state index contributed by atoms with van der Waals surface area (Å²) in [4.78, 5) is 19.1. The predicted molar refractivity (Wildman–Crippen MR) is 21.9 cm³/mol. The summed E-state index contributed by atoms with van der Waals surface area (Å²) in [5.41, 5.74) is 0. The molecular formula is C4H5O4-. The van der Waals surface area contributed by atoms with Gasteiger partial charge in [-0.25, -0.2) is 0 Å². The second-order valence-electron chi connectivity index (χ2n) is 1.27. The molecule has 0 fully saturated rings. The number of carbonyl (C=O) groups excluding carboxylic acids is 1. The van der Waals surface area contributed by atoms with Gasteiger partial charge >= 0.3 is 5.97 Å². The molecule has 4 nitrogen and oxygen atoms in total. The Balaban J connectivity index is 3.18. The molecule has 0 amide bonds. The molecule has 0 aliphatic carbocycles. The lowest BCUT2D eigenvalue weighted by molar-refractivity contribution is -0.305. The number of carbonyl (C=O) groups is 2. The van der Waals surface area contributed by atoms with Crippen LogP contribution in [0.2, 0.25) is 0 Å². The molecule has 0 saturated carbocycles. The Hall–Kier alpha value is -1.06. The molecule has 0 radical (unpaired) electrons. The Morgan fingerprint density at radius 2 is 1.88 bits per heavy atom. The normalized spacial score (nSPS) is 8.50. The summed E-state index contributed by atoms with van der Waals surface area (Å²) < 4.78 is 0. The number of rotatable bonds is 3. The molecular weight excluding hydrogens is 112 g/mol. The molecule has 0 aromatic carbocycles. The van der Waals surface area contributed by atoms with E-state index in [4.69, 9.17) is 5.11 Å². The average molecular weight is 117 g/mol. The topological polar surface area (TPSA) is 77.4 Å². The van der Waals surface area contributed by atoms with Gasteiger partial charge in [-0.2, -0.15) is 0 Å². The third-order valence-electron chi connectivity index (χ3n) is 0.543. The first kappa shape index (κ1) is 6.94. The first-order chi connectivity index (χ1) is 3.63. The molecule has 0 saturated heterocycles. The zero-order chi connectivity index (χ0) is 6.57. The van der Waals surface area contributed by atoms with Gasteiger partial charge in [-0.05, 0) is 6.42 Å². The Labute approximate surface area is 45.7 Å². The van der Waals surface area contributed by atoms with E-state index in [2.05, 4.69) is 0 Å². The Kier molecular flexibility index (Phi) is 2.61. The highest BCUT2D eigenvalue weighted by Crippen LogP contribution is 1.83. The lowest BCUT2D eigenvalue weighted by Gasteiger charge is -1.94. The number of aliphatic carboxylic acids is 2. The molecule has 0 aliphatic rings. The molecule has 1 N–H and O–H groups in total. The van der Waals surface area contributed by atoms with Crippen LogP contribution in [0, 0.1) is 0 Å². The highest BCUT2D eigenvalue weighted by molar-refractivity contribution is 5.74. The fourth-order valence-electron chi connectivity index (χ4n) is 0.209. The van der Waals surface area contributed by atoms with Gasteiger partial charge in [-0.15, -0.1) is 0 Å².